The Balaban J connectivity index is 0.00000242. The predicted molar refractivity (Wildman–Crippen MR) is 97.4 cm³/mol. The van der Waals surface area contributed by atoms with Crippen molar-refractivity contribution in [2.75, 3.05) is 6.54 Å². The number of nitrogens with one attached hydrogen (secondary N) is 1. The largest absolute Gasteiger partial charge is 0.347 e. The highest BCUT2D eigenvalue weighted by Crippen LogP contribution is 2.20. The fraction of sp³-hybridized carbons (Fsp3) is 0.429. The molecule has 0 aliphatic heterocycles. The fourth-order valence-corrected chi connectivity index (χ4v) is 2.71. The van der Waals surface area contributed by atoms with Gasteiger partial charge in [-0.15, -0.1) is 36.2 Å². The highest BCUT2D eigenvalue weighted by atomic mass is 35.5. The Kier molecular flexibility index (Phi) is 9.90. The average Bonchev–Trinajstić information content (AvgIpc) is 2.97. The zero-order valence-electron chi connectivity index (χ0n) is 12.9. The molecule has 0 aliphatic rings. The first-order chi connectivity index (χ1) is 10.1. The zero-order chi connectivity index (χ0) is 15.2. The van der Waals surface area contributed by atoms with Crippen molar-refractivity contribution < 1.29 is 4.79 Å². The Hall–Kier alpha value is -1.28. The van der Waals surface area contributed by atoms with Crippen LogP contribution in [0.15, 0.2) is 24.0 Å². The van der Waals surface area contributed by atoms with E-state index in [1.165, 1.54) is 11.3 Å². The standard InChI is InChI=1S/C14H19N5OS.2ClH/c1-9(2)5-10(6-15)18-13(20)12-8-21-14(19-12)11-7-16-3-4-17-11;;/h3-4,7-10H,5-6,15H2,1-2H3,(H,18,20);2*1H. The molecular formula is C14H21Cl2N5OS. The third-order valence-electron chi connectivity index (χ3n) is 2.89. The third-order valence-corrected chi connectivity index (χ3v) is 3.76. The number of nitrogens with zero attached hydrogens (tertiary/aromatic N) is 3. The molecule has 2 aromatic heterocycles. The second kappa shape index (κ2) is 10.5. The molecule has 1 unspecified atom stereocenters. The van der Waals surface area contributed by atoms with E-state index in [9.17, 15) is 4.79 Å². The molecule has 1 atom stereocenters. The van der Waals surface area contributed by atoms with Crippen LogP contribution >= 0.6 is 36.2 Å². The molecule has 6 nitrogen and oxygen atoms in total. The highest BCUT2D eigenvalue weighted by Gasteiger charge is 2.17. The lowest BCUT2D eigenvalue weighted by Gasteiger charge is -2.18. The lowest BCUT2D eigenvalue weighted by molar-refractivity contribution is 0.0929. The van der Waals surface area contributed by atoms with E-state index in [1.807, 2.05) is 0 Å². The van der Waals surface area contributed by atoms with Gasteiger partial charge >= 0.3 is 0 Å². The predicted octanol–water partition coefficient (Wildman–Crippen LogP) is 2.55. The minimum atomic E-state index is -0.197. The van der Waals surface area contributed by atoms with E-state index in [4.69, 9.17) is 5.73 Å². The van der Waals surface area contributed by atoms with Crippen LogP contribution in [0.4, 0.5) is 0 Å². The van der Waals surface area contributed by atoms with Gasteiger partial charge in [-0.2, -0.15) is 0 Å². The molecule has 23 heavy (non-hydrogen) atoms. The maximum Gasteiger partial charge on any atom is 0.271 e. The molecule has 3 N–H and O–H groups in total. The first kappa shape index (κ1) is 21.7. The number of hydrogen-bond donors (Lipinski definition) is 2. The fourth-order valence-electron chi connectivity index (χ4n) is 1.95. The molecule has 128 valence electrons. The molecule has 0 aliphatic carbocycles. The van der Waals surface area contributed by atoms with Crippen molar-refractivity contribution >= 4 is 42.1 Å². The van der Waals surface area contributed by atoms with Gasteiger partial charge in [0.1, 0.15) is 16.4 Å². The van der Waals surface area contributed by atoms with Crippen LogP contribution in [0.2, 0.25) is 0 Å². The monoisotopic (exact) mass is 377 g/mol. The molecule has 2 heterocycles. The highest BCUT2D eigenvalue weighted by molar-refractivity contribution is 7.13. The van der Waals surface area contributed by atoms with Gasteiger partial charge in [0, 0.05) is 30.4 Å². The second-order valence-electron chi connectivity index (χ2n) is 5.16. The van der Waals surface area contributed by atoms with Gasteiger partial charge < -0.3 is 11.1 Å². The molecule has 1 amide bonds. The van der Waals surface area contributed by atoms with Gasteiger partial charge in [-0.1, -0.05) is 13.8 Å². The van der Waals surface area contributed by atoms with Crippen LogP contribution in [0.1, 0.15) is 30.8 Å². The van der Waals surface area contributed by atoms with Crippen molar-refractivity contribution in [3.8, 4) is 10.7 Å². The topological polar surface area (TPSA) is 93.8 Å². The summed E-state index contributed by atoms with van der Waals surface area (Å²) in [6, 6.07) is -0.0285. The van der Waals surface area contributed by atoms with E-state index in [0.717, 1.165) is 6.42 Å². The minimum absolute atomic E-state index is 0. The van der Waals surface area contributed by atoms with Crippen molar-refractivity contribution in [1.82, 2.24) is 20.3 Å². The molecule has 2 aromatic rings. The van der Waals surface area contributed by atoms with E-state index in [2.05, 4.69) is 34.1 Å². The Morgan fingerprint density at radius 3 is 2.65 bits per heavy atom. The zero-order valence-corrected chi connectivity index (χ0v) is 15.4. The smallest absolute Gasteiger partial charge is 0.271 e. The Morgan fingerprint density at radius 1 is 1.35 bits per heavy atom. The molecule has 0 bridgehead atoms. The third kappa shape index (κ3) is 6.39. The van der Waals surface area contributed by atoms with Gasteiger partial charge in [-0.25, -0.2) is 4.98 Å². The maximum absolute atomic E-state index is 12.2. The summed E-state index contributed by atoms with van der Waals surface area (Å²) in [6.07, 6.45) is 5.68. The number of nitrogens with two attached hydrogens (primary N) is 1. The van der Waals surface area contributed by atoms with Crippen LogP contribution in [0.3, 0.4) is 0 Å². The molecule has 0 saturated heterocycles. The van der Waals surface area contributed by atoms with Crippen molar-refractivity contribution in [3.05, 3.63) is 29.7 Å². The summed E-state index contributed by atoms with van der Waals surface area (Å²) in [4.78, 5) is 24.7. The van der Waals surface area contributed by atoms with Crippen molar-refractivity contribution in [2.45, 2.75) is 26.3 Å². The van der Waals surface area contributed by atoms with Crippen molar-refractivity contribution in [2.24, 2.45) is 11.7 Å². The number of thiazole rings is 1. The Labute approximate surface area is 152 Å². The molecule has 0 saturated carbocycles. The SMILES string of the molecule is CC(C)CC(CN)NC(=O)c1csc(-c2cnccn2)n1.Cl.Cl. The number of halogens is 2. The Bertz CT molecular complexity index is 594. The molecule has 9 heteroatoms. The number of hydrogen-bond acceptors (Lipinski definition) is 6. The summed E-state index contributed by atoms with van der Waals surface area (Å²) in [5.41, 5.74) is 6.75. The van der Waals surface area contributed by atoms with E-state index in [1.54, 1.807) is 24.0 Å². The van der Waals surface area contributed by atoms with Crippen LogP contribution in [0.25, 0.3) is 10.7 Å². The van der Waals surface area contributed by atoms with Crippen LogP contribution in [0.5, 0.6) is 0 Å². The van der Waals surface area contributed by atoms with Gasteiger partial charge in [0.05, 0.1) is 6.20 Å². The van der Waals surface area contributed by atoms with E-state index in [-0.39, 0.29) is 36.8 Å². The van der Waals surface area contributed by atoms with Crippen LogP contribution in [0, 0.1) is 5.92 Å². The normalized spacial score (nSPS) is 11.3. The van der Waals surface area contributed by atoms with E-state index in [0.29, 0.717) is 28.9 Å². The van der Waals surface area contributed by atoms with E-state index >= 15 is 0 Å². The number of aromatic nitrogens is 3. The number of carbonyl (C=O) groups is 1. The molecule has 2 rings (SSSR count). The van der Waals surface area contributed by atoms with Gasteiger partial charge in [-0.05, 0) is 12.3 Å². The Morgan fingerprint density at radius 2 is 2.09 bits per heavy atom. The molecule has 0 spiro atoms. The quantitative estimate of drug-likeness (QED) is 0.806. The first-order valence-corrected chi connectivity index (χ1v) is 7.71. The van der Waals surface area contributed by atoms with E-state index < -0.39 is 0 Å². The number of rotatable bonds is 6. The van der Waals surface area contributed by atoms with Crippen LogP contribution in [-0.4, -0.2) is 33.4 Å². The van der Waals surface area contributed by atoms with Gasteiger partial charge in [0.25, 0.3) is 5.91 Å². The minimum Gasteiger partial charge on any atom is -0.347 e. The summed E-state index contributed by atoms with van der Waals surface area (Å²) in [5.74, 6) is 0.280. The number of carbonyl (C=O) groups excluding carboxylic acids is 1. The maximum atomic E-state index is 12.2. The van der Waals surface area contributed by atoms with Gasteiger partial charge in [0.15, 0.2) is 0 Å². The summed E-state index contributed by atoms with van der Waals surface area (Å²) in [6.45, 7) is 4.62. The van der Waals surface area contributed by atoms with Gasteiger partial charge in [0.2, 0.25) is 0 Å². The summed E-state index contributed by atoms with van der Waals surface area (Å²) >= 11 is 1.37. The molecule has 0 fully saturated rings. The van der Waals surface area contributed by atoms with Crippen LogP contribution < -0.4 is 11.1 Å². The van der Waals surface area contributed by atoms with Crippen LogP contribution in [-0.2, 0) is 0 Å². The molecule has 0 aromatic carbocycles. The second-order valence-corrected chi connectivity index (χ2v) is 6.02. The molecule has 0 radical (unpaired) electrons. The average molecular weight is 378 g/mol. The van der Waals surface area contributed by atoms with Gasteiger partial charge in [-0.3, -0.25) is 14.8 Å². The summed E-state index contributed by atoms with van der Waals surface area (Å²) in [5, 5.41) is 5.33. The number of amides is 1. The van der Waals surface area contributed by atoms with Crippen molar-refractivity contribution in [3.63, 3.8) is 0 Å². The summed E-state index contributed by atoms with van der Waals surface area (Å²) < 4.78 is 0. The summed E-state index contributed by atoms with van der Waals surface area (Å²) in [7, 11) is 0. The van der Waals surface area contributed by atoms with Crippen molar-refractivity contribution in [1.29, 1.82) is 0 Å². The lowest BCUT2D eigenvalue weighted by Crippen LogP contribution is -2.41. The first-order valence-electron chi connectivity index (χ1n) is 6.83. The molecular weight excluding hydrogens is 357 g/mol. The lowest BCUT2D eigenvalue weighted by atomic mass is 10.0.